The Balaban J connectivity index is 1.82. The quantitative estimate of drug-likeness (QED) is 0.579. The fourth-order valence-corrected chi connectivity index (χ4v) is 3.28. The van der Waals surface area contributed by atoms with E-state index in [4.69, 9.17) is 0 Å². The Morgan fingerprint density at radius 3 is 2.61 bits per heavy atom. The predicted octanol–water partition coefficient (Wildman–Crippen LogP) is 3.50. The zero-order chi connectivity index (χ0) is 19.5. The molecular formula is C21H18FN5O. The molecule has 0 saturated heterocycles. The van der Waals surface area contributed by atoms with Gasteiger partial charge in [-0.3, -0.25) is 14.8 Å². The Labute approximate surface area is 161 Å². The third-order valence-electron chi connectivity index (χ3n) is 4.64. The Kier molecular flexibility index (Phi) is 4.80. The normalized spacial score (nSPS) is 12.1. The molecule has 3 aromatic heterocycles. The summed E-state index contributed by atoms with van der Waals surface area (Å²) < 4.78 is 15.5. The first-order valence-electron chi connectivity index (χ1n) is 8.92. The molecule has 1 atom stereocenters. The number of hydrogen-bond acceptors (Lipinski definition) is 4. The van der Waals surface area contributed by atoms with Crippen molar-refractivity contribution < 1.29 is 9.18 Å². The van der Waals surface area contributed by atoms with Gasteiger partial charge in [0.05, 0.1) is 24.0 Å². The number of benzene rings is 1. The van der Waals surface area contributed by atoms with Crippen molar-refractivity contribution in [3.8, 4) is 0 Å². The number of aryl methyl sites for hydroxylation is 1. The molecule has 28 heavy (non-hydrogen) atoms. The molecule has 1 N–H and O–H groups in total. The van der Waals surface area contributed by atoms with E-state index in [0.29, 0.717) is 0 Å². The van der Waals surface area contributed by atoms with E-state index in [1.54, 1.807) is 24.5 Å². The molecule has 0 radical (unpaired) electrons. The second kappa shape index (κ2) is 7.56. The number of aromatic nitrogens is 4. The topological polar surface area (TPSA) is 72.7 Å². The number of fused-ring (bicyclic) bond motifs is 1. The van der Waals surface area contributed by atoms with Crippen LogP contribution in [0.3, 0.4) is 0 Å². The van der Waals surface area contributed by atoms with Gasteiger partial charge in [-0.1, -0.05) is 12.1 Å². The van der Waals surface area contributed by atoms with Crippen LogP contribution in [0.1, 0.15) is 34.6 Å². The monoisotopic (exact) mass is 375 g/mol. The summed E-state index contributed by atoms with van der Waals surface area (Å²) in [6.07, 6.45) is 9.91. The lowest BCUT2D eigenvalue weighted by molar-refractivity contribution is 0.0937. The molecule has 6 nitrogen and oxygen atoms in total. The van der Waals surface area contributed by atoms with Crippen molar-refractivity contribution >= 4 is 16.8 Å². The van der Waals surface area contributed by atoms with Gasteiger partial charge in [0.15, 0.2) is 0 Å². The Bertz CT molecular complexity index is 1110. The standard InChI is InChI=1S/C21H18FN5O/c1-2-27-13-17(16-7-8-23-12-19(16)27)20(14-3-5-15(22)6-4-14)26-21(28)18-11-24-9-10-25-18/h3-13,20H,2H2,1H3,(H,26,28)/t20-/m0/s1. The molecule has 140 valence electrons. The summed E-state index contributed by atoms with van der Waals surface area (Å²) in [5, 5.41) is 3.99. The first-order chi connectivity index (χ1) is 13.7. The SMILES string of the molecule is CCn1cc([C@@H](NC(=O)c2cnccn2)c2ccc(F)cc2)c2ccncc21. The zero-order valence-corrected chi connectivity index (χ0v) is 15.2. The van der Waals surface area contributed by atoms with Crippen LogP contribution in [-0.4, -0.2) is 25.4 Å². The fourth-order valence-electron chi connectivity index (χ4n) is 3.28. The molecule has 3 heterocycles. The van der Waals surface area contributed by atoms with Crippen molar-refractivity contribution in [3.63, 3.8) is 0 Å². The molecular weight excluding hydrogens is 357 g/mol. The number of hydrogen-bond donors (Lipinski definition) is 1. The van der Waals surface area contributed by atoms with E-state index in [-0.39, 0.29) is 17.4 Å². The molecule has 7 heteroatoms. The first kappa shape index (κ1) is 17.8. The summed E-state index contributed by atoms with van der Waals surface area (Å²) in [5.74, 6) is -0.684. The minimum absolute atomic E-state index is 0.218. The summed E-state index contributed by atoms with van der Waals surface area (Å²) in [4.78, 5) is 25.0. The van der Waals surface area contributed by atoms with Gasteiger partial charge in [0.25, 0.3) is 5.91 Å². The summed E-state index contributed by atoms with van der Waals surface area (Å²) in [7, 11) is 0. The number of carbonyl (C=O) groups is 1. The number of amides is 1. The van der Waals surface area contributed by atoms with Crippen LogP contribution in [-0.2, 0) is 6.54 Å². The fraction of sp³-hybridized carbons (Fsp3) is 0.143. The van der Waals surface area contributed by atoms with Crippen LogP contribution in [0.25, 0.3) is 10.9 Å². The highest BCUT2D eigenvalue weighted by Crippen LogP contribution is 2.31. The van der Waals surface area contributed by atoms with E-state index in [1.165, 1.54) is 30.7 Å². The average molecular weight is 375 g/mol. The van der Waals surface area contributed by atoms with Crippen molar-refractivity contribution in [3.05, 3.63) is 90.2 Å². The minimum atomic E-state index is -0.479. The van der Waals surface area contributed by atoms with Gasteiger partial charge in [-0.15, -0.1) is 0 Å². The largest absolute Gasteiger partial charge is 0.346 e. The molecule has 0 unspecified atom stereocenters. The van der Waals surface area contributed by atoms with Gasteiger partial charge in [0.2, 0.25) is 0 Å². The van der Waals surface area contributed by atoms with Gasteiger partial charge in [0, 0.05) is 42.3 Å². The van der Waals surface area contributed by atoms with Crippen molar-refractivity contribution in [2.24, 2.45) is 0 Å². The number of rotatable bonds is 5. The van der Waals surface area contributed by atoms with Crippen LogP contribution in [0.15, 0.2) is 67.5 Å². The van der Waals surface area contributed by atoms with Crippen molar-refractivity contribution in [2.75, 3.05) is 0 Å². The smallest absolute Gasteiger partial charge is 0.272 e. The highest BCUT2D eigenvalue weighted by molar-refractivity contribution is 5.93. The van der Waals surface area contributed by atoms with Crippen molar-refractivity contribution in [2.45, 2.75) is 19.5 Å². The molecule has 1 amide bonds. The van der Waals surface area contributed by atoms with E-state index in [1.807, 2.05) is 19.2 Å². The van der Waals surface area contributed by atoms with Crippen LogP contribution < -0.4 is 5.32 Å². The molecule has 1 aromatic carbocycles. The molecule has 4 rings (SSSR count). The minimum Gasteiger partial charge on any atom is -0.346 e. The van der Waals surface area contributed by atoms with Gasteiger partial charge in [-0.2, -0.15) is 0 Å². The number of carbonyl (C=O) groups excluding carboxylic acids is 1. The number of nitrogens with one attached hydrogen (secondary N) is 1. The molecule has 0 saturated carbocycles. The molecule has 0 spiro atoms. The van der Waals surface area contributed by atoms with Crippen LogP contribution in [0.2, 0.25) is 0 Å². The highest BCUT2D eigenvalue weighted by atomic mass is 19.1. The van der Waals surface area contributed by atoms with Crippen LogP contribution in [0.4, 0.5) is 4.39 Å². The van der Waals surface area contributed by atoms with E-state index >= 15 is 0 Å². The van der Waals surface area contributed by atoms with Gasteiger partial charge >= 0.3 is 0 Å². The van der Waals surface area contributed by atoms with Gasteiger partial charge in [-0.05, 0) is 30.7 Å². The lowest BCUT2D eigenvalue weighted by Crippen LogP contribution is -2.30. The second-order valence-electron chi connectivity index (χ2n) is 6.31. The maximum Gasteiger partial charge on any atom is 0.272 e. The number of halogens is 1. The van der Waals surface area contributed by atoms with Crippen LogP contribution in [0, 0.1) is 5.82 Å². The van der Waals surface area contributed by atoms with Crippen molar-refractivity contribution in [1.82, 2.24) is 24.8 Å². The maximum absolute atomic E-state index is 13.5. The Morgan fingerprint density at radius 1 is 1.11 bits per heavy atom. The van der Waals surface area contributed by atoms with Gasteiger partial charge in [0.1, 0.15) is 11.5 Å². The van der Waals surface area contributed by atoms with Crippen molar-refractivity contribution in [1.29, 1.82) is 0 Å². The second-order valence-corrected chi connectivity index (χ2v) is 6.31. The highest BCUT2D eigenvalue weighted by Gasteiger charge is 2.23. The average Bonchev–Trinajstić information content (AvgIpc) is 3.12. The summed E-state index contributed by atoms with van der Waals surface area (Å²) in [5.41, 5.74) is 2.87. The Morgan fingerprint density at radius 2 is 1.89 bits per heavy atom. The van der Waals surface area contributed by atoms with E-state index in [0.717, 1.165) is 28.6 Å². The molecule has 0 aliphatic heterocycles. The van der Waals surface area contributed by atoms with E-state index in [2.05, 4.69) is 24.8 Å². The maximum atomic E-state index is 13.5. The first-order valence-corrected chi connectivity index (χ1v) is 8.92. The van der Waals surface area contributed by atoms with Crippen LogP contribution in [0.5, 0.6) is 0 Å². The van der Waals surface area contributed by atoms with Gasteiger partial charge < -0.3 is 9.88 Å². The third-order valence-corrected chi connectivity index (χ3v) is 4.64. The number of nitrogens with zero attached hydrogens (tertiary/aromatic N) is 4. The van der Waals surface area contributed by atoms with E-state index in [9.17, 15) is 9.18 Å². The summed E-state index contributed by atoms with van der Waals surface area (Å²) in [6.45, 7) is 2.80. The number of pyridine rings is 1. The zero-order valence-electron chi connectivity index (χ0n) is 15.2. The molecule has 0 aliphatic rings. The summed E-state index contributed by atoms with van der Waals surface area (Å²) >= 11 is 0. The third kappa shape index (κ3) is 3.34. The molecule has 0 bridgehead atoms. The van der Waals surface area contributed by atoms with Gasteiger partial charge in [-0.25, -0.2) is 9.37 Å². The molecule has 0 aliphatic carbocycles. The van der Waals surface area contributed by atoms with E-state index < -0.39 is 6.04 Å². The lowest BCUT2D eigenvalue weighted by atomic mass is 9.98. The lowest BCUT2D eigenvalue weighted by Gasteiger charge is -2.19. The molecule has 4 aromatic rings. The molecule has 0 fully saturated rings. The predicted molar refractivity (Wildman–Crippen MR) is 103 cm³/mol. The Hall–Kier alpha value is -3.61. The summed E-state index contributed by atoms with van der Waals surface area (Å²) in [6, 6.07) is 7.56. The van der Waals surface area contributed by atoms with Crippen LogP contribution >= 0.6 is 0 Å².